The number of ether oxygens (including phenoxy) is 2. The van der Waals surface area contributed by atoms with Crippen molar-refractivity contribution >= 4 is 0 Å². The highest BCUT2D eigenvalue weighted by atomic mass is 16.5. The fraction of sp³-hybridized carbons (Fsp3) is 0.667. The number of hydrogen-bond acceptors (Lipinski definition) is 4. The maximum absolute atomic E-state index is 5.76. The van der Waals surface area contributed by atoms with Gasteiger partial charge in [0.2, 0.25) is 0 Å². The molecule has 0 amide bonds. The molecule has 1 aromatic rings. The van der Waals surface area contributed by atoms with E-state index in [0.29, 0.717) is 12.2 Å². The second-order valence-electron chi connectivity index (χ2n) is 6.25. The van der Waals surface area contributed by atoms with Crippen molar-refractivity contribution in [3.63, 3.8) is 0 Å². The minimum Gasteiger partial charge on any atom is -0.497 e. The standard InChI is InChI=1S/C18H30N2O2/c1-15-13-20(14-16(2)22-15)10-5-4-9-19-12-17-7-6-8-18(11-17)21-3/h6-8,11,15-16,19H,4-5,9-10,12-14H2,1-3H3. The summed E-state index contributed by atoms with van der Waals surface area (Å²) in [4.78, 5) is 2.53. The lowest BCUT2D eigenvalue weighted by Gasteiger charge is -2.35. The smallest absolute Gasteiger partial charge is 0.119 e. The maximum atomic E-state index is 5.76. The molecule has 0 spiro atoms. The van der Waals surface area contributed by atoms with Gasteiger partial charge in [-0.15, -0.1) is 0 Å². The Labute approximate surface area is 134 Å². The summed E-state index contributed by atoms with van der Waals surface area (Å²) in [5, 5.41) is 3.51. The molecule has 124 valence electrons. The summed E-state index contributed by atoms with van der Waals surface area (Å²) in [6.45, 7) is 9.62. The molecule has 1 aliphatic rings. The highest BCUT2D eigenvalue weighted by Gasteiger charge is 2.21. The molecule has 4 nitrogen and oxygen atoms in total. The largest absolute Gasteiger partial charge is 0.497 e. The van der Waals surface area contributed by atoms with Crippen molar-refractivity contribution in [3.8, 4) is 5.75 Å². The molecule has 0 radical (unpaired) electrons. The van der Waals surface area contributed by atoms with Crippen molar-refractivity contribution in [2.75, 3.05) is 33.3 Å². The van der Waals surface area contributed by atoms with Gasteiger partial charge in [0.25, 0.3) is 0 Å². The molecule has 1 aromatic carbocycles. The van der Waals surface area contributed by atoms with E-state index in [1.807, 2.05) is 12.1 Å². The molecule has 0 aliphatic carbocycles. The van der Waals surface area contributed by atoms with Gasteiger partial charge in [-0.2, -0.15) is 0 Å². The second-order valence-corrected chi connectivity index (χ2v) is 6.25. The minimum atomic E-state index is 0.370. The molecule has 22 heavy (non-hydrogen) atoms. The van der Waals surface area contributed by atoms with Gasteiger partial charge in [-0.25, -0.2) is 0 Å². The van der Waals surface area contributed by atoms with E-state index in [-0.39, 0.29) is 0 Å². The minimum absolute atomic E-state index is 0.370. The van der Waals surface area contributed by atoms with Crippen molar-refractivity contribution in [2.45, 2.75) is 45.4 Å². The Morgan fingerprint density at radius 3 is 2.73 bits per heavy atom. The third-order valence-corrected chi connectivity index (χ3v) is 4.04. The van der Waals surface area contributed by atoms with Crippen LogP contribution in [0.2, 0.25) is 0 Å². The van der Waals surface area contributed by atoms with Crippen LogP contribution in [-0.4, -0.2) is 50.4 Å². The summed E-state index contributed by atoms with van der Waals surface area (Å²) >= 11 is 0. The first-order valence-electron chi connectivity index (χ1n) is 8.39. The van der Waals surface area contributed by atoms with Crippen molar-refractivity contribution in [1.82, 2.24) is 10.2 Å². The fourth-order valence-electron chi connectivity index (χ4n) is 3.07. The highest BCUT2D eigenvalue weighted by Crippen LogP contribution is 2.13. The molecular formula is C18H30N2O2. The molecule has 0 bridgehead atoms. The first-order valence-corrected chi connectivity index (χ1v) is 8.39. The predicted molar refractivity (Wildman–Crippen MR) is 90.4 cm³/mol. The van der Waals surface area contributed by atoms with Crippen LogP contribution in [-0.2, 0) is 11.3 Å². The highest BCUT2D eigenvalue weighted by molar-refractivity contribution is 5.28. The molecule has 0 aromatic heterocycles. The van der Waals surface area contributed by atoms with Gasteiger partial charge in [0.1, 0.15) is 5.75 Å². The molecule has 1 aliphatic heterocycles. The van der Waals surface area contributed by atoms with E-state index >= 15 is 0 Å². The van der Waals surface area contributed by atoms with Gasteiger partial charge in [-0.3, -0.25) is 4.90 Å². The van der Waals surface area contributed by atoms with Gasteiger partial charge in [-0.1, -0.05) is 12.1 Å². The van der Waals surface area contributed by atoms with E-state index < -0.39 is 0 Å². The second kappa shape index (κ2) is 9.13. The average Bonchev–Trinajstić information content (AvgIpc) is 2.50. The first-order chi connectivity index (χ1) is 10.7. The number of unbranched alkanes of at least 4 members (excludes halogenated alkanes) is 1. The van der Waals surface area contributed by atoms with Crippen LogP contribution in [0.15, 0.2) is 24.3 Å². The summed E-state index contributed by atoms with van der Waals surface area (Å²) in [6, 6.07) is 8.24. The van der Waals surface area contributed by atoms with Crippen LogP contribution in [0.1, 0.15) is 32.3 Å². The molecule has 1 saturated heterocycles. The van der Waals surface area contributed by atoms with Crippen LogP contribution in [0.5, 0.6) is 5.75 Å². The van der Waals surface area contributed by atoms with E-state index in [9.17, 15) is 0 Å². The zero-order chi connectivity index (χ0) is 15.8. The summed E-state index contributed by atoms with van der Waals surface area (Å²) in [5.41, 5.74) is 1.27. The summed E-state index contributed by atoms with van der Waals surface area (Å²) in [6.07, 6.45) is 3.19. The van der Waals surface area contributed by atoms with Gasteiger partial charge in [0, 0.05) is 19.6 Å². The molecule has 0 saturated carbocycles. The zero-order valence-electron chi connectivity index (χ0n) is 14.2. The number of morpholine rings is 1. The molecule has 2 atom stereocenters. The normalized spacial score (nSPS) is 22.7. The van der Waals surface area contributed by atoms with E-state index in [1.165, 1.54) is 24.9 Å². The molecule has 2 unspecified atom stereocenters. The van der Waals surface area contributed by atoms with Crippen LogP contribution in [0.4, 0.5) is 0 Å². The Balaban J connectivity index is 1.55. The van der Waals surface area contributed by atoms with Crippen LogP contribution in [0.3, 0.4) is 0 Å². The first kappa shape index (κ1) is 17.3. The van der Waals surface area contributed by atoms with Crippen molar-refractivity contribution in [2.24, 2.45) is 0 Å². The van der Waals surface area contributed by atoms with Crippen LogP contribution < -0.4 is 10.1 Å². The van der Waals surface area contributed by atoms with E-state index in [1.54, 1.807) is 7.11 Å². The Bertz CT molecular complexity index is 429. The van der Waals surface area contributed by atoms with E-state index in [2.05, 4.69) is 36.2 Å². The SMILES string of the molecule is COc1cccc(CNCCCCN2CC(C)OC(C)C2)c1. The fourth-order valence-corrected chi connectivity index (χ4v) is 3.07. The maximum Gasteiger partial charge on any atom is 0.119 e. The number of rotatable bonds is 8. The predicted octanol–water partition coefficient (Wildman–Crippen LogP) is 2.67. The molecule has 1 fully saturated rings. The molecular weight excluding hydrogens is 276 g/mol. The van der Waals surface area contributed by atoms with Crippen LogP contribution in [0, 0.1) is 0 Å². The molecule has 1 heterocycles. The average molecular weight is 306 g/mol. The quantitative estimate of drug-likeness (QED) is 0.749. The van der Waals surface area contributed by atoms with Gasteiger partial charge in [-0.05, 0) is 57.5 Å². The lowest BCUT2D eigenvalue weighted by Crippen LogP contribution is -2.45. The third-order valence-electron chi connectivity index (χ3n) is 4.04. The molecule has 4 heteroatoms. The number of nitrogens with zero attached hydrogens (tertiary/aromatic N) is 1. The van der Waals surface area contributed by atoms with Crippen molar-refractivity contribution in [3.05, 3.63) is 29.8 Å². The Morgan fingerprint density at radius 2 is 2.00 bits per heavy atom. The van der Waals surface area contributed by atoms with Gasteiger partial charge in [0.15, 0.2) is 0 Å². The Hall–Kier alpha value is -1.10. The van der Waals surface area contributed by atoms with Crippen molar-refractivity contribution in [1.29, 1.82) is 0 Å². The van der Waals surface area contributed by atoms with Gasteiger partial charge in [0.05, 0.1) is 19.3 Å². The number of hydrogen-bond donors (Lipinski definition) is 1. The van der Waals surface area contributed by atoms with Gasteiger partial charge >= 0.3 is 0 Å². The Morgan fingerprint density at radius 1 is 1.23 bits per heavy atom. The number of nitrogens with one attached hydrogen (secondary N) is 1. The summed E-state index contributed by atoms with van der Waals surface area (Å²) < 4.78 is 11.0. The van der Waals surface area contributed by atoms with Gasteiger partial charge < -0.3 is 14.8 Å². The molecule has 1 N–H and O–H groups in total. The number of benzene rings is 1. The lowest BCUT2D eigenvalue weighted by atomic mass is 10.2. The topological polar surface area (TPSA) is 33.7 Å². The zero-order valence-corrected chi connectivity index (χ0v) is 14.2. The monoisotopic (exact) mass is 306 g/mol. The summed E-state index contributed by atoms with van der Waals surface area (Å²) in [5.74, 6) is 0.926. The van der Waals surface area contributed by atoms with E-state index in [4.69, 9.17) is 9.47 Å². The third kappa shape index (κ3) is 5.95. The summed E-state index contributed by atoms with van der Waals surface area (Å²) in [7, 11) is 1.71. The number of methoxy groups -OCH3 is 1. The van der Waals surface area contributed by atoms with E-state index in [0.717, 1.165) is 31.9 Å². The van der Waals surface area contributed by atoms with Crippen molar-refractivity contribution < 1.29 is 9.47 Å². The Kier molecular flexibility index (Phi) is 7.16. The lowest BCUT2D eigenvalue weighted by molar-refractivity contribution is -0.0681. The molecule has 2 rings (SSSR count). The van der Waals surface area contributed by atoms with Crippen LogP contribution >= 0.6 is 0 Å². The van der Waals surface area contributed by atoms with Crippen LogP contribution in [0.25, 0.3) is 0 Å².